The largest absolute Gasteiger partial charge is 0.494 e. The van der Waals surface area contributed by atoms with E-state index >= 15 is 0 Å². The summed E-state index contributed by atoms with van der Waals surface area (Å²) in [6, 6.07) is 21.4. The van der Waals surface area contributed by atoms with E-state index in [-0.39, 0.29) is 0 Å². The number of nitrogens with one attached hydrogen (secondary N) is 2. The van der Waals surface area contributed by atoms with Gasteiger partial charge in [-0.3, -0.25) is 0 Å². The number of nitrogens with zero attached hydrogens (tertiary/aromatic N) is 3. The lowest BCUT2D eigenvalue weighted by Gasteiger charge is -2.11. The third-order valence-corrected chi connectivity index (χ3v) is 4.10. The van der Waals surface area contributed by atoms with Crippen molar-refractivity contribution < 1.29 is 9.26 Å². The van der Waals surface area contributed by atoms with Gasteiger partial charge in [-0.2, -0.15) is 4.98 Å². The normalized spacial score (nSPS) is 10.6. The van der Waals surface area contributed by atoms with Gasteiger partial charge in [0, 0.05) is 23.4 Å². The standard InChI is InChI=1S/C22H21N5O2/c1-3-28-18-11-9-17(10-12-18)23-20-14-19(16-7-5-4-6-8-16)24-22(25-20)26-21-13-15(2)29-27-21/h4-14H,3H2,1-2H3,(H2,23,24,25,26,27). The number of rotatable bonds is 7. The lowest BCUT2D eigenvalue weighted by molar-refractivity contribution is 0.340. The maximum Gasteiger partial charge on any atom is 0.231 e. The van der Waals surface area contributed by atoms with Crippen molar-refractivity contribution in [3.8, 4) is 17.0 Å². The van der Waals surface area contributed by atoms with Gasteiger partial charge in [-0.15, -0.1) is 0 Å². The molecule has 29 heavy (non-hydrogen) atoms. The molecule has 2 aromatic heterocycles. The van der Waals surface area contributed by atoms with E-state index in [0.29, 0.717) is 30.0 Å². The van der Waals surface area contributed by atoms with Crippen LogP contribution in [-0.2, 0) is 0 Å². The lowest BCUT2D eigenvalue weighted by atomic mass is 10.1. The monoisotopic (exact) mass is 387 g/mol. The molecule has 0 saturated carbocycles. The molecule has 0 aliphatic heterocycles. The van der Waals surface area contributed by atoms with Gasteiger partial charge in [-0.1, -0.05) is 35.5 Å². The molecule has 2 aromatic carbocycles. The zero-order valence-corrected chi connectivity index (χ0v) is 16.2. The zero-order chi connectivity index (χ0) is 20.1. The summed E-state index contributed by atoms with van der Waals surface area (Å²) in [6.45, 7) is 4.43. The molecule has 7 heteroatoms. The first kappa shape index (κ1) is 18.5. The lowest BCUT2D eigenvalue weighted by Crippen LogP contribution is -2.02. The average molecular weight is 387 g/mol. The van der Waals surface area contributed by atoms with Crippen LogP contribution in [0.5, 0.6) is 5.75 Å². The Kier molecular flexibility index (Phi) is 5.38. The van der Waals surface area contributed by atoms with Crippen molar-refractivity contribution in [2.75, 3.05) is 17.2 Å². The van der Waals surface area contributed by atoms with Gasteiger partial charge in [0.25, 0.3) is 0 Å². The van der Waals surface area contributed by atoms with Gasteiger partial charge < -0.3 is 19.9 Å². The summed E-state index contributed by atoms with van der Waals surface area (Å²) in [5, 5.41) is 10.4. The summed E-state index contributed by atoms with van der Waals surface area (Å²) in [7, 11) is 0. The fraction of sp³-hybridized carbons (Fsp3) is 0.136. The highest BCUT2D eigenvalue weighted by molar-refractivity contribution is 5.68. The van der Waals surface area contributed by atoms with Crippen LogP contribution >= 0.6 is 0 Å². The summed E-state index contributed by atoms with van der Waals surface area (Å²) >= 11 is 0. The molecule has 0 atom stereocenters. The molecule has 0 aliphatic rings. The predicted octanol–water partition coefficient (Wildman–Crippen LogP) is 5.33. The first-order chi connectivity index (χ1) is 14.2. The Morgan fingerprint density at radius 3 is 2.38 bits per heavy atom. The summed E-state index contributed by atoms with van der Waals surface area (Å²) in [4.78, 5) is 9.20. The Labute approximate surface area is 168 Å². The van der Waals surface area contributed by atoms with E-state index in [2.05, 4.69) is 25.8 Å². The first-order valence-electron chi connectivity index (χ1n) is 9.34. The molecule has 0 fully saturated rings. The maximum absolute atomic E-state index is 5.50. The number of benzene rings is 2. The van der Waals surface area contributed by atoms with Gasteiger partial charge in [-0.25, -0.2) is 4.98 Å². The van der Waals surface area contributed by atoms with Crippen LogP contribution in [0.3, 0.4) is 0 Å². The summed E-state index contributed by atoms with van der Waals surface area (Å²) < 4.78 is 10.6. The minimum atomic E-state index is 0.424. The van der Waals surface area contributed by atoms with Crippen LogP contribution in [0.1, 0.15) is 12.7 Å². The Hall–Kier alpha value is -3.87. The number of aromatic nitrogens is 3. The third kappa shape index (κ3) is 4.70. The number of ether oxygens (including phenoxy) is 1. The molecular formula is C22H21N5O2. The van der Waals surface area contributed by atoms with Gasteiger partial charge in [0.05, 0.1) is 12.3 Å². The van der Waals surface area contributed by atoms with Crippen molar-refractivity contribution in [2.24, 2.45) is 0 Å². The Bertz CT molecular complexity index is 1080. The van der Waals surface area contributed by atoms with Crippen LogP contribution in [0.4, 0.5) is 23.3 Å². The van der Waals surface area contributed by atoms with Crippen molar-refractivity contribution in [2.45, 2.75) is 13.8 Å². The molecule has 0 bridgehead atoms. The topological polar surface area (TPSA) is 85.1 Å². The summed E-state index contributed by atoms with van der Waals surface area (Å²) in [5.41, 5.74) is 2.68. The molecule has 7 nitrogen and oxygen atoms in total. The Morgan fingerprint density at radius 2 is 1.69 bits per heavy atom. The smallest absolute Gasteiger partial charge is 0.231 e. The highest BCUT2D eigenvalue weighted by Gasteiger charge is 2.09. The molecule has 2 heterocycles. The van der Waals surface area contributed by atoms with Crippen LogP contribution in [-0.4, -0.2) is 21.7 Å². The van der Waals surface area contributed by atoms with E-state index in [1.807, 2.05) is 74.5 Å². The molecule has 2 N–H and O–H groups in total. The summed E-state index contributed by atoms with van der Waals surface area (Å²) in [5.74, 6) is 3.17. The zero-order valence-electron chi connectivity index (χ0n) is 16.2. The van der Waals surface area contributed by atoms with Crippen molar-refractivity contribution in [1.82, 2.24) is 15.1 Å². The Morgan fingerprint density at radius 1 is 0.897 bits per heavy atom. The van der Waals surface area contributed by atoms with E-state index in [1.165, 1.54) is 0 Å². The number of aryl methyl sites for hydroxylation is 1. The molecule has 0 amide bonds. The Balaban J connectivity index is 1.65. The molecule has 0 saturated heterocycles. The van der Waals surface area contributed by atoms with Gasteiger partial charge in [-0.05, 0) is 38.1 Å². The van der Waals surface area contributed by atoms with Crippen LogP contribution in [0, 0.1) is 6.92 Å². The fourth-order valence-electron chi connectivity index (χ4n) is 2.81. The SMILES string of the molecule is CCOc1ccc(Nc2cc(-c3ccccc3)nc(Nc3cc(C)on3)n2)cc1. The van der Waals surface area contributed by atoms with Crippen molar-refractivity contribution in [3.05, 3.63) is 72.5 Å². The van der Waals surface area contributed by atoms with Crippen LogP contribution in [0.15, 0.2) is 71.3 Å². The van der Waals surface area contributed by atoms with E-state index in [1.54, 1.807) is 6.07 Å². The highest BCUT2D eigenvalue weighted by atomic mass is 16.5. The average Bonchev–Trinajstić information content (AvgIpc) is 3.15. The highest BCUT2D eigenvalue weighted by Crippen LogP contribution is 2.25. The fourth-order valence-corrected chi connectivity index (χ4v) is 2.81. The van der Waals surface area contributed by atoms with Gasteiger partial charge in [0.15, 0.2) is 5.82 Å². The molecule has 0 unspecified atom stereocenters. The van der Waals surface area contributed by atoms with Crippen LogP contribution in [0.2, 0.25) is 0 Å². The first-order valence-corrected chi connectivity index (χ1v) is 9.34. The molecule has 0 radical (unpaired) electrons. The third-order valence-electron chi connectivity index (χ3n) is 4.10. The molecule has 146 valence electrons. The van der Waals surface area contributed by atoms with Crippen LogP contribution in [0.25, 0.3) is 11.3 Å². The second kappa shape index (κ2) is 8.43. The van der Waals surface area contributed by atoms with E-state index in [9.17, 15) is 0 Å². The molecule has 4 aromatic rings. The van der Waals surface area contributed by atoms with Gasteiger partial charge >= 0.3 is 0 Å². The molecular weight excluding hydrogens is 366 g/mol. The van der Waals surface area contributed by atoms with E-state index in [4.69, 9.17) is 9.26 Å². The number of hydrogen-bond donors (Lipinski definition) is 2. The van der Waals surface area contributed by atoms with Crippen LogP contribution < -0.4 is 15.4 Å². The molecule has 0 spiro atoms. The second-order valence-electron chi connectivity index (χ2n) is 6.36. The van der Waals surface area contributed by atoms with E-state index in [0.717, 1.165) is 22.7 Å². The van der Waals surface area contributed by atoms with Crippen molar-refractivity contribution >= 4 is 23.3 Å². The van der Waals surface area contributed by atoms with Crippen molar-refractivity contribution in [1.29, 1.82) is 0 Å². The minimum Gasteiger partial charge on any atom is -0.494 e. The van der Waals surface area contributed by atoms with E-state index < -0.39 is 0 Å². The minimum absolute atomic E-state index is 0.424. The molecule has 4 rings (SSSR count). The van der Waals surface area contributed by atoms with Crippen molar-refractivity contribution in [3.63, 3.8) is 0 Å². The second-order valence-corrected chi connectivity index (χ2v) is 6.36. The number of anilines is 4. The number of hydrogen-bond acceptors (Lipinski definition) is 7. The predicted molar refractivity (Wildman–Crippen MR) is 113 cm³/mol. The molecule has 0 aliphatic carbocycles. The quantitative estimate of drug-likeness (QED) is 0.443. The summed E-state index contributed by atoms with van der Waals surface area (Å²) in [6.07, 6.45) is 0. The van der Waals surface area contributed by atoms with Gasteiger partial charge in [0.2, 0.25) is 5.95 Å². The van der Waals surface area contributed by atoms with Gasteiger partial charge in [0.1, 0.15) is 17.3 Å². The maximum atomic E-state index is 5.50.